The molecule has 6 aromatic carbocycles. The molecule has 67 heavy (non-hydrogen) atoms. The summed E-state index contributed by atoms with van der Waals surface area (Å²) in [5.74, 6) is 1.97. The number of sulfonamides is 2. The van der Waals surface area contributed by atoms with Crippen molar-refractivity contribution in [2.45, 2.75) is 0 Å². The first kappa shape index (κ1) is 49.0. The number of hydrogen-bond donors (Lipinski definition) is 3. The molecule has 4 N–H and O–H groups in total. The van der Waals surface area contributed by atoms with Crippen LogP contribution >= 0.6 is 0 Å². The van der Waals surface area contributed by atoms with Gasteiger partial charge in [-0.3, -0.25) is 18.2 Å². The van der Waals surface area contributed by atoms with Crippen LogP contribution in [0.25, 0.3) is 66.8 Å². The number of benzene rings is 6. The lowest BCUT2D eigenvalue weighted by Crippen LogP contribution is -2.25. The van der Waals surface area contributed by atoms with Gasteiger partial charge in [0.05, 0.1) is 43.7 Å². The number of carbonyl (C=O) groups excluding carboxylic acids is 1. The lowest BCUT2D eigenvalue weighted by atomic mass is 9.98. The van der Waals surface area contributed by atoms with E-state index in [1.165, 1.54) is 82.9 Å². The molecular formula is C48H44F2N4O11S2. The number of aromatic carboxylic acids is 1. The van der Waals surface area contributed by atoms with Crippen molar-refractivity contribution in [2.24, 2.45) is 5.90 Å². The summed E-state index contributed by atoms with van der Waals surface area (Å²) in [6, 6.07) is 35.5. The zero-order valence-corrected chi connectivity index (χ0v) is 38.4. The largest absolute Gasteiger partial charge is 0.478 e. The van der Waals surface area contributed by atoms with Gasteiger partial charge in [-0.1, -0.05) is 60.7 Å². The van der Waals surface area contributed by atoms with Crippen molar-refractivity contribution in [1.29, 1.82) is 0 Å². The fraction of sp³-hybridized carbons (Fsp3) is 0.125. The molecule has 0 aliphatic rings. The predicted octanol–water partition coefficient (Wildman–Crippen LogP) is 9.10. The fourth-order valence-electron chi connectivity index (χ4n) is 7.03. The van der Waals surface area contributed by atoms with Crippen LogP contribution in [-0.2, 0) is 29.7 Å². The van der Waals surface area contributed by atoms with Gasteiger partial charge in [-0.2, -0.15) is 0 Å². The number of carbonyl (C=O) groups is 2. The van der Waals surface area contributed by atoms with Gasteiger partial charge in [0.25, 0.3) is 5.91 Å². The minimum Gasteiger partial charge on any atom is -0.478 e. The summed E-state index contributed by atoms with van der Waals surface area (Å²) in [6.07, 6.45) is 2.19. The lowest BCUT2D eigenvalue weighted by molar-refractivity contribution is 0.0539. The molecule has 19 heteroatoms. The third kappa shape index (κ3) is 10.8. The second-order valence-corrected chi connectivity index (χ2v) is 18.8. The van der Waals surface area contributed by atoms with Crippen LogP contribution in [0, 0.1) is 11.6 Å². The minimum atomic E-state index is -3.60. The number of fused-ring (bicyclic) bond motifs is 2. The molecular weight excluding hydrogens is 911 g/mol. The Balaban J connectivity index is 0.000000209. The van der Waals surface area contributed by atoms with E-state index in [0.29, 0.717) is 50.0 Å². The van der Waals surface area contributed by atoms with Crippen molar-refractivity contribution in [3.8, 4) is 44.9 Å². The van der Waals surface area contributed by atoms with E-state index in [9.17, 15) is 40.3 Å². The van der Waals surface area contributed by atoms with Gasteiger partial charge < -0.3 is 18.8 Å². The molecule has 0 aliphatic carbocycles. The Morgan fingerprint density at radius 2 is 0.955 bits per heavy atom. The number of nitrogens with one attached hydrogen (secondary N) is 1. The number of hydroxylamine groups is 1. The topological polar surface area (TPSA) is 212 Å². The van der Waals surface area contributed by atoms with Crippen LogP contribution in [0.5, 0.6) is 0 Å². The molecule has 0 atom stereocenters. The summed E-state index contributed by atoms with van der Waals surface area (Å²) in [6.45, 7) is 0. The van der Waals surface area contributed by atoms with E-state index < -0.39 is 43.6 Å². The van der Waals surface area contributed by atoms with Crippen molar-refractivity contribution in [1.82, 2.24) is 5.48 Å². The standard InChI is InChI=1S/C24H21FN2O5S.C23H18FNO5S.CH5NO/c1-27(33(3,29)30)20-14-21-19(13-18(20)15-7-5-4-6-8-15)22(24(28)26-31-2)23(32-21)16-9-11-17(25)12-10-16;1-25(31(2,28)29)19-13-20-18(12-17(19)14-6-4-3-5-7-14)21(23(26)27)22(30-20)15-8-10-16(24)11-9-15;1-3-2/h4-14H,1-3H3,(H,26,28);3-13H,1-2H3,(H,26,27);2H2,1H3. The monoisotopic (exact) mass is 954 g/mol. The molecule has 2 aromatic heterocycles. The highest BCUT2D eigenvalue weighted by Gasteiger charge is 2.28. The molecule has 0 bridgehead atoms. The molecule has 0 saturated carbocycles. The second-order valence-electron chi connectivity index (χ2n) is 14.7. The van der Waals surface area contributed by atoms with Crippen LogP contribution in [0.4, 0.5) is 20.2 Å². The molecule has 8 rings (SSSR count). The molecule has 0 saturated heterocycles. The number of rotatable bonds is 11. The molecule has 0 fully saturated rings. The average molecular weight is 955 g/mol. The lowest BCUT2D eigenvalue weighted by Gasteiger charge is -2.20. The summed E-state index contributed by atoms with van der Waals surface area (Å²) in [5.41, 5.74) is 7.12. The number of carboxylic acids is 1. The molecule has 0 radical (unpaired) electrons. The summed E-state index contributed by atoms with van der Waals surface area (Å²) in [5, 5.41) is 10.7. The highest BCUT2D eigenvalue weighted by Crippen LogP contribution is 2.43. The maximum absolute atomic E-state index is 13.5. The zero-order valence-electron chi connectivity index (χ0n) is 36.8. The molecule has 0 spiro atoms. The molecule has 0 unspecified atom stereocenters. The first-order valence-electron chi connectivity index (χ1n) is 19.8. The van der Waals surface area contributed by atoms with Crippen LogP contribution in [0.1, 0.15) is 20.7 Å². The number of halogens is 2. The zero-order chi connectivity index (χ0) is 48.8. The summed E-state index contributed by atoms with van der Waals surface area (Å²) >= 11 is 0. The fourth-order valence-corrected chi connectivity index (χ4v) is 8.05. The highest BCUT2D eigenvalue weighted by molar-refractivity contribution is 7.92. The number of nitrogens with two attached hydrogens (primary N) is 1. The average Bonchev–Trinajstić information content (AvgIpc) is 3.87. The van der Waals surface area contributed by atoms with Crippen molar-refractivity contribution in [2.75, 3.05) is 49.4 Å². The third-order valence-electron chi connectivity index (χ3n) is 10.3. The molecule has 15 nitrogen and oxygen atoms in total. The van der Waals surface area contributed by atoms with Gasteiger partial charge >= 0.3 is 5.97 Å². The van der Waals surface area contributed by atoms with Gasteiger partial charge in [0.15, 0.2) is 0 Å². The first-order valence-corrected chi connectivity index (χ1v) is 23.5. The van der Waals surface area contributed by atoms with Crippen LogP contribution in [0.2, 0.25) is 0 Å². The summed E-state index contributed by atoms with van der Waals surface area (Å²) < 4.78 is 90.2. The van der Waals surface area contributed by atoms with Crippen LogP contribution in [0.15, 0.2) is 142 Å². The van der Waals surface area contributed by atoms with Crippen LogP contribution in [0.3, 0.4) is 0 Å². The molecule has 348 valence electrons. The minimum absolute atomic E-state index is 0.0701. The van der Waals surface area contributed by atoms with Gasteiger partial charge in [-0.05, 0) is 71.8 Å². The maximum Gasteiger partial charge on any atom is 0.340 e. The number of anilines is 2. The normalized spacial score (nSPS) is 11.3. The van der Waals surface area contributed by atoms with Gasteiger partial charge in [0, 0.05) is 59.3 Å². The molecule has 2 heterocycles. The predicted molar refractivity (Wildman–Crippen MR) is 253 cm³/mol. The molecule has 0 aliphatic heterocycles. The van der Waals surface area contributed by atoms with Crippen molar-refractivity contribution < 1.29 is 58.8 Å². The SMILES string of the molecule is CN(c1cc2oc(-c3ccc(F)cc3)c(C(=O)O)c2cc1-c1ccccc1)S(C)(=O)=O.CON.CONC(=O)c1c(-c2ccc(F)cc2)oc2cc(N(C)S(C)(=O)=O)c(-c3ccccc3)cc12. The molecule has 1 amide bonds. The number of nitrogens with zero attached hydrogens (tertiary/aromatic N) is 2. The van der Waals surface area contributed by atoms with E-state index in [0.717, 1.165) is 32.2 Å². The van der Waals surface area contributed by atoms with E-state index >= 15 is 0 Å². The highest BCUT2D eigenvalue weighted by atomic mass is 32.2. The van der Waals surface area contributed by atoms with Gasteiger partial charge in [-0.15, -0.1) is 0 Å². The summed E-state index contributed by atoms with van der Waals surface area (Å²) in [4.78, 5) is 33.6. The smallest absolute Gasteiger partial charge is 0.340 e. The van der Waals surface area contributed by atoms with Crippen LogP contribution in [-0.4, -0.2) is 74.6 Å². The number of amides is 1. The Morgan fingerprint density at radius 1 is 0.597 bits per heavy atom. The van der Waals surface area contributed by atoms with Gasteiger partial charge in [0.2, 0.25) is 20.0 Å². The Hall–Kier alpha value is -7.42. The van der Waals surface area contributed by atoms with Crippen LogP contribution < -0.4 is 20.0 Å². The van der Waals surface area contributed by atoms with Crippen molar-refractivity contribution in [3.63, 3.8) is 0 Å². The molecule has 8 aromatic rings. The quantitative estimate of drug-likeness (QED) is 0.104. The number of hydrogen-bond acceptors (Lipinski definition) is 11. The van der Waals surface area contributed by atoms with E-state index in [2.05, 4.69) is 16.2 Å². The van der Waals surface area contributed by atoms with Crippen molar-refractivity contribution in [3.05, 3.63) is 156 Å². The number of carboxylic acid groups (broad SMARTS) is 1. The second kappa shape index (κ2) is 20.4. The van der Waals surface area contributed by atoms with E-state index in [-0.39, 0.29) is 28.2 Å². The Labute approximate surface area is 384 Å². The summed E-state index contributed by atoms with van der Waals surface area (Å²) in [7, 11) is -1.60. The first-order chi connectivity index (χ1) is 31.8. The van der Waals surface area contributed by atoms with E-state index in [1.54, 1.807) is 30.3 Å². The number of furan rings is 2. The maximum atomic E-state index is 13.5. The van der Waals surface area contributed by atoms with Gasteiger partial charge in [-0.25, -0.2) is 41.8 Å². The van der Waals surface area contributed by atoms with E-state index in [1.807, 2.05) is 48.5 Å². The third-order valence-corrected chi connectivity index (χ3v) is 12.7. The van der Waals surface area contributed by atoms with Crippen molar-refractivity contribution >= 4 is 65.2 Å². The Bertz CT molecular complexity index is 3290. The Morgan fingerprint density at radius 3 is 1.30 bits per heavy atom. The van der Waals surface area contributed by atoms with Gasteiger partial charge in [0.1, 0.15) is 39.9 Å². The van der Waals surface area contributed by atoms with E-state index in [4.69, 9.17) is 13.7 Å². The Kier molecular flexibility index (Phi) is 14.9.